The van der Waals surface area contributed by atoms with Crippen LogP contribution in [-0.4, -0.2) is 55.6 Å². The largest absolute Gasteiger partial charge is 0.370 e. The zero-order valence-electron chi connectivity index (χ0n) is 14.3. The molecule has 1 aromatic rings. The van der Waals surface area contributed by atoms with Crippen molar-refractivity contribution in [2.75, 3.05) is 38.6 Å². The summed E-state index contributed by atoms with van der Waals surface area (Å²) in [5.74, 6) is 1.45. The van der Waals surface area contributed by atoms with Gasteiger partial charge in [0.15, 0.2) is 5.96 Å². The zero-order valence-corrected chi connectivity index (χ0v) is 16.7. The molecule has 1 atom stereocenters. The minimum absolute atomic E-state index is 0. The quantitative estimate of drug-likeness (QED) is 0.407. The summed E-state index contributed by atoms with van der Waals surface area (Å²) in [6.07, 6.45) is 4.31. The third-order valence-corrected chi connectivity index (χ3v) is 4.13. The molecule has 0 amide bonds. The van der Waals surface area contributed by atoms with Gasteiger partial charge in [0.2, 0.25) is 0 Å². The van der Waals surface area contributed by atoms with Crippen LogP contribution >= 0.6 is 24.0 Å². The first kappa shape index (κ1) is 20.0. The molecule has 0 spiro atoms. The molecule has 0 aliphatic carbocycles. The van der Waals surface area contributed by atoms with Gasteiger partial charge in [-0.15, -0.1) is 24.0 Å². The van der Waals surface area contributed by atoms with Crippen LogP contribution in [0.1, 0.15) is 25.3 Å². The number of rotatable bonds is 6. The number of pyridine rings is 1. The lowest BCUT2D eigenvalue weighted by Gasteiger charge is -2.23. The SMILES string of the molecule is CCN1CCCC1CNC(N)=NCc1cccnc1N(C)C.I. The molecule has 1 aliphatic heterocycles. The molecule has 1 aromatic heterocycles. The fraction of sp³-hybridized carbons (Fsp3) is 0.625. The van der Waals surface area contributed by atoms with Crippen LogP contribution in [0, 0.1) is 0 Å². The van der Waals surface area contributed by atoms with Gasteiger partial charge < -0.3 is 16.0 Å². The lowest BCUT2D eigenvalue weighted by molar-refractivity contribution is 0.267. The number of nitrogens with one attached hydrogen (secondary N) is 1. The summed E-state index contributed by atoms with van der Waals surface area (Å²) in [5, 5.41) is 3.26. The third-order valence-electron chi connectivity index (χ3n) is 4.13. The van der Waals surface area contributed by atoms with Crippen LogP contribution in [0.3, 0.4) is 0 Å². The van der Waals surface area contributed by atoms with E-state index >= 15 is 0 Å². The molecule has 7 heteroatoms. The predicted molar refractivity (Wildman–Crippen MR) is 108 cm³/mol. The summed E-state index contributed by atoms with van der Waals surface area (Å²) >= 11 is 0. The molecule has 2 rings (SSSR count). The Morgan fingerprint density at radius 2 is 2.30 bits per heavy atom. The summed E-state index contributed by atoms with van der Waals surface area (Å²) in [5.41, 5.74) is 7.08. The number of likely N-dealkylation sites (N-methyl/N-ethyl adjacent to an activating group) is 1. The van der Waals surface area contributed by atoms with Crippen LogP contribution in [0.15, 0.2) is 23.3 Å². The molecule has 23 heavy (non-hydrogen) atoms. The normalized spacial score (nSPS) is 18.6. The van der Waals surface area contributed by atoms with Gasteiger partial charge >= 0.3 is 0 Å². The number of likely N-dealkylation sites (tertiary alicyclic amines) is 1. The van der Waals surface area contributed by atoms with Gasteiger partial charge in [-0.05, 0) is 32.0 Å². The van der Waals surface area contributed by atoms with E-state index in [1.54, 1.807) is 6.20 Å². The molecule has 3 N–H and O–H groups in total. The van der Waals surface area contributed by atoms with Crippen LogP contribution in [0.2, 0.25) is 0 Å². The minimum Gasteiger partial charge on any atom is -0.370 e. The van der Waals surface area contributed by atoms with E-state index < -0.39 is 0 Å². The van der Waals surface area contributed by atoms with Crippen molar-refractivity contribution in [3.63, 3.8) is 0 Å². The molecule has 1 saturated heterocycles. The molecular weight excluding hydrogens is 403 g/mol. The van der Waals surface area contributed by atoms with Crippen LogP contribution < -0.4 is 16.0 Å². The van der Waals surface area contributed by atoms with Gasteiger partial charge in [-0.3, -0.25) is 4.90 Å². The van der Waals surface area contributed by atoms with Crippen LogP contribution in [-0.2, 0) is 6.54 Å². The number of hydrogen-bond donors (Lipinski definition) is 2. The Hall–Kier alpha value is -1.09. The number of hydrogen-bond acceptors (Lipinski definition) is 4. The second kappa shape index (κ2) is 9.92. The van der Waals surface area contributed by atoms with Crippen LogP contribution in [0.4, 0.5) is 5.82 Å². The first-order valence-electron chi connectivity index (χ1n) is 8.01. The molecule has 0 aromatic carbocycles. The first-order chi connectivity index (χ1) is 10.6. The highest BCUT2D eigenvalue weighted by atomic mass is 127. The van der Waals surface area contributed by atoms with E-state index in [9.17, 15) is 0 Å². The Balaban J connectivity index is 0.00000264. The molecule has 0 radical (unpaired) electrons. The molecule has 1 aliphatic rings. The summed E-state index contributed by atoms with van der Waals surface area (Å²) in [4.78, 5) is 13.3. The fourth-order valence-electron chi connectivity index (χ4n) is 2.95. The van der Waals surface area contributed by atoms with E-state index in [4.69, 9.17) is 5.73 Å². The molecule has 0 bridgehead atoms. The topological polar surface area (TPSA) is 69.8 Å². The van der Waals surface area contributed by atoms with Gasteiger partial charge in [0.25, 0.3) is 0 Å². The number of nitrogens with zero attached hydrogens (tertiary/aromatic N) is 4. The maximum atomic E-state index is 6.00. The predicted octanol–water partition coefficient (Wildman–Crippen LogP) is 1.65. The van der Waals surface area contributed by atoms with E-state index in [1.165, 1.54) is 19.4 Å². The zero-order chi connectivity index (χ0) is 15.9. The van der Waals surface area contributed by atoms with E-state index in [0.29, 0.717) is 18.5 Å². The standard InChI is InChI=1S/C16H28N6.HI/c1-4-22-10-6-8-14(22)12-20-16(17)19-11-13-7-5-9-18-15(13)21(2)3;/h5,7,9,14H,4,6,8,10-12H2,1-3H3,(H3,17,19,20);1H. The molecular formula is C16H29IN6. The molecule has 0 saturated carbocycles. The summed E-state index contributed by atoms with van der Waals surface area (Å²) in [6.45, 7) is 5.92. The molecule has 1 unspecified atom stereocenters. The second-order valence-electron chi connectivity index (χ2n) is 5.89. The molecule has 2 heterocycles. The smallest absolute Gasteiger partial charge is 0.188 e. The lowest BCUT2D eigenvalue weighted by Crippen LogP contribution is -2.42. The highest BCUT2D eigenvalue weighted by Crippen LogP contribution is 2.16. The Morgan fingerprint density at radius 1 is 1.52 bits per heavy atom. The second-order valence-corrected chi connectivity index (χ2v) is 5.89. The number of halogens is 1. The van der Waals surface area contributed by atoms with Gasteiger partial charge in [-0.2, -0.15) is 0 Å². The highest BCUT2D eigenvalue weighted by molar-refractivity contribution is 14.0. The van der Waals surface area contributed by atoms with Crippen molar-refractivity contribution in [2.24, 2.45) is 10.7 Å². The Kier molecular flexibility index (Phi) is 8.60. The Labute approximate surface area is 156 Å². The fourth-order valence-corrected chi connectivity index (χ4v) is 2.95. The van der Waals surface area contributed by atoms with Crippen molar-refractivity contribution in [1.29, 1.82) is 0 Å². The average Bonchev–Trinajstić information content (AvgIpc) is 2.98. The van der Waals surface area contributed by atoms with E-state index in [0.717, 1.165) is 24.5 Å². The minimum atomic E-state index is 0. The summed E-state index contributed by atoms with van der Waals surface area (Å²) in [7, 11) is 3.97. The van der Waals surface area contributed by atoms with Gasteiger partial charge in [0.1, 0.15) is 5.82 Å². The van der Waals surface area contributed by atoms with E-state index in [-0.39, 0.29) is 24.0 Å². The maximum Gasteiger partial charge on any atom is 0.188 e. The van der Waals surface area contributed by atoms with Gasteiger partial charge in [0, 0.05) is 38.4 Å². The highest BCUT2D eigenvalue weighted by Gasteiger charge is 2.22. The average molecular weight is 432 g/mol. The van der Waals surface area contributed by atoms with Crippen LogP contribution in [0.25, 0.3) is 0 Å². The summed E-state index contributed by atoms with van der Waals surface area (Å²) in [6, 6.07) is 4.54. The third kappa shape index (κ3) is 5.80. The van der Waals surface area contributed by atoms with Crippen molar-refractivity contribution < 1.29 is 0 Å². The van der Waals surface area contributed by atoms with Gasteiger partial charge in [0.05, 0.1) is 6.54 Å². The van der Waals surface area contributed by atoms with Crippen molar-refractivity contribution >= 4 is 35.8 Å². The Bertz CT molecular complexity index is 505. The van der Waals surface area contributed by atoms with Gasteiger partial charge in [-0.25, -0.2) is 9.98 Å². The maximum absolute atomic E-state index is 6.00. The van der Waals surface area contributed by atoms with Crippen molar-refractivity contribution in [1.82, 2.24) is 15.2 Å². The molecule has 6 nitrogen and oxygen atoms in total. The van der Waals surface area contributed by atoms with Crippen molar-refractivity contribution in [3.05, 3.63) is 23.9 Å². The van der Waals surface area contributed by atoms with Crippen molar-refractivity contribution in [3.8, 4) is 0 Å². The number of guanidine groups is 1. The monoisotopic (exact) mass is 432 g/mol. The van der Waals surface area contributed by atoms with Crippen molar-refractivity contribution in [2.45, 2.75) is 32.4 Å². The summed E-state index contributed by atoms with van der Waals surface area (Å²) < 4.78 is 0. The van der Waals surface area contributed by atoms with E-state index in [2.05, 4.69) is 27.1 Å². The number of anilines is 1. The Morgan fingerprint density at radius 3 is 3.00 bits per heavy atom. The number of aliphatic imine (C=N–C) groups is 1. The molecule has 1 fully saturated rings. The molecule has 130 valence electrons. The number of aromatic nitrogens is 1. The van der Waals surface area contributed by atoms with Gasteiger partial charge in [-0.1, -0.05) is 13.0 Å². The lowest BCUT2D eigenvalue weighted by atomic mass is 10.2. The number of nitrogens with two attached hydrogens (primary N) is 1. The van der Waals surface area contributed by atoms with E-state index in [1.807, 2.05) is 31.1 Å². The first-order valence-corrected chi connectivity index (χ1v) is 8.01. The van der Waals surface area contributed by atoms with Crippen LogP contribution in [0.5, 0.6) is 0 Å².